The summed E-state index contributed by atoms with van der Waals surface area (Å²) in [6.07, 6.45) is 0. The maximum absolute atomic E-state index is 12.2. The summed E-state index contributed by atoms with van der Waals surface area (Å²) in [6, 6.07) is 10.1. The van der Waals surface area contributed by atoms with Crippen molar-refractivity contribution >= 4 is 33.3 Å². The van der Waals surface area contributed by atoms with Crippen molar-refractivity contribution in [3.8, 4) is 5.75 Å². The van der Waals surface area contributed by atoms with Crippen molar-refractivity contribution < 1.29 is 22.5 Å². The van der Waals surface area contributed by atoms with Crippen LogP contribution in [-0.2, 0) is 10.1 Å². The van der Waals surface area contributed by atoms with Crippen LogP contribution in [0.2, 0.25) is 5.02 Å². The number of para-hydroxylation sites is 1. The Morgan fingerprint density at radius 2 is 1.91 bits per heavy atom. The lowest BCUT2D eigenvalue weighted by atomic mass is 10.2. The molecule has 8 heteroatoms. The van der Waals surface area contributed by atoms with Crippen molar-refractivity contribution in [2.45, 2.75) is 4.90 Å². The second-order valence-electron chi connectivity index (χ2n) is 4.27. The first kappa shape index (κ1) is 16.3. The Balaban J connectivity index is 2.29. The van der Waals surface area contributed by atoms with Gasteiger partial charge >= 0.3 is 0 Å². The molecule has 22 heavy (non-hydrogen) atoms. The van der Waals surface area contributed by atoms with Crippen LogP contribution in [0.4, 0.5) is 5.69 Å². The third-order valence-corrected chi connectivity index (χ3v) is 4.00. The van der Waals surface area contributed by atoms with Gasteiger partial charge in [-0.2, -0.15) is 8.42 Å². The molecule has 0 atom stereocenters. The highest BCUT2D eigenvalue weighted by molar-refractivity contribution is 7.85. The van der Waals surface area contributed by atoms with Gasteiger partial charge in [0, 0.05) is 0 Å². The van der Waals surface area contributed by atoms with Gasteiger partial charge in [-0.15, -0.1) is 0 Å². The van der Waals surface area contributed by atoms with E-state index in [2.05, 4.69) is 5.32 Å². The quantitative estimate of drug-likeness (QED) is 0.834. The van der Waals surface area contributed by atoms with Gasteiger partial charge in [0.1, 0.15) is 5.75 Å². The van der Waals surface area contributed by atoms with Crippen molar-refractivity contribution in [3.05, 3.63) is 53.1 Å². The average molecular weight is 342 g/mol. The lowest BCUT2D eigenvalue weighted by molar-refractivity contribution is 0.102. The molecule has 0 aliphatic rings. The molecule has 2 rings (SSSR count). The smallest absolute Gasteiger partial charge is 0.294 e. The fourth-order valence-corrected chi connectivity index (χ4v) is 2.58. The van der Waals surface area contributed by atoms with Gasteiger partial charge in [0.15, 0.2) is 0 Å². The van der Waals surface area contributed by atoms with Crippen molar-refractivity contribution in [2.75, 3.05) is 12.4 Å². The second kappa shape index (κ2) is 6.35. The summed E-state index contributed by atoms with van der Waals surface area (Å²) in [4.78, 5) is 11.9. The zero-order valence-corrected chi connectivity index (χ0v) is 13.0. The van der Waals surface area contributed by atoms with Crippen molar-refractivity contribution in [1.29, 1.82) is 0 Å². The second-order valence-corrected chi connectivity index (χ2v) is 6.10. The lowest BCUT2D eigenvalue weighted by Gasteiger charge is -2.10. The van der Waals surface area contributed by atoms with Gasteiger partial charge in [-0.1, -0.05) is 23.7 Å². The van der Waals surface area contributed by atoms with E-state index < -0.39 is 16.0 Å². The summed E-state index contributed by atoms with van der Waals surface area (Å²) < 4.78 is 36.1. The monoisotopic (exact) mass is 341 g/mol. The van der Waals surface area contributed by atoms with E-state index in [1.165, 1.54) is 13.2 Å². The number of ether oxygens (including phenoxy) is 1. The predicted molar refractivity (Wildman–Crippen MR) is 82.2 cm³/mol. The molecule has 0 spiro atoms. The van der Waals surface area contributed by atoms with Crippen LogP contribution in [0.3, 0.4) is 0 Å². The minimum absolute atomic E-state index is 0.0154. The number of nitrogens with one attached hydrogen (secondary N) is 1. The standard InChI is InChI=1S/C14H12ClNO5S/c1-21-13-5-3-2-4-10(13)14(17)16-12-7-6-9(8-11(12)15)22(18,19)20/h2-8H,1H3,(H,16,17)(H,18,19,20). The van der Waals surface area contributed by atoms with E-state index in [0.29, 0.717) is 11.3 Å². The highest BCUT2D eigenvalue weighted by atomic mass is 35.5. The Hall–Kier alpha value is -2.09. The molecule has 0 saturated heterocycles. The zero-order chi connectivity index (χ0) is 16.3. The number of halogens is 1. The molecule has 0 fully saturated rings. The molecule has 116 valence electrons. The van der Waals surface area contributed by atoms with E-state index in [1.54, 1.807) is 24.3 Å². The number of rotatable bonds is 4. The summed E-state index contributed by atoms with van der Waals surface area (Å²) in [5.41, 5.74) is 0.518. The van der Waals surface area contributed by atoms with E-state index in [4.69, 9.17) is 20.9 Å². The fourth-order valence-electron chi connectivity index (χ4n) is 1.78. The van der Waals surface area contributed by atoms with Gasteiger partial charge in [-0.05, 0) is 30.3 Å². The number of anilines is 1. The van der Waals surface area contributed by atoms with Crippen LogP contribution in [0, 0.1) is 0 Å². The van der Waals surface area contributed by atoms with E-state index in [0.717, 1.165) is 12.1 Å². The molecule has 0 aliphatic carbocycles. The Morgan fingerprint density at radius 1 is 1.23 bits per heavy atom. The number of methoxy groups -OCH3 is 1. The molecule has 0 bridgehead atoms. The highest BCUT2D eigenvalue weighted by Gasteiger charge is 2.15. The highest BCUT2D eigenvalue weighted by Crippen LogP contribution is 2.26. The van der Waals surface area contributed by atoms with Gasteiger partial charge < -0.3 is 10.1 Å². The van der Waals surface area contributed by atoms with Gasteiger partial charge in [0.25, 0.3) is 16.0 Å². The predicted octanol–water partition coefficient (Wildman–Crippen LogP) is 2.85. The van der Waals surface area contributed by atoms with Crippen molar-refractivity contribution in [1.82, 2.24) is 0 Å². The summed E-state index contributed by atoms with van der Waals surface area (Å²) in [5, 5.41) is 2.54. The third-order valence-electron chi connectivity index (χ3n) is 2.84. The average Bonchev–Trinajstić information content (AvgIpc) is 2.48. The van der Waals surface area contributed by atoms with Gasteiger partial charge in [0.05, 0.1) is 28.3 Å². The number of carbonyl (C=O) groups excluding carboxylic acids is 1. The molecule has 0 heterocycles. The summed E-state index contributed by atoms with van der Waals surface area (Å²) in [6.45, 7) is 0. The lowest BCUT2D eigenvalue weighted by Crippen LogP contribution is -2.13. The summed E-state index contributed by atoms with van der Waals surface area (Å²) in [7, 11) is -2.91. The molecule has 2 N–H and O–H groups in total. The molecular formula is C14H12ClNO5S. The van der Waals surface area contributed by atoms with Crippen molar-refractivity contribution in [3.63, 3.8) is 0 Å². The third kappa shape index (κ3) is 3.56. The van der Waals surface area contributed by atoms with Crippen LogP contribution < -0.4 is 10.1 Å². The molecule has 0 saturated carbocycles. The first-order chi connectivity index (χ1) is 10.3. The largest absolute Gasteiger partial charge is 0.496 e. The Morgan fingerprint density at radius 3 is 2.50 bits per heavy atom. The number of hydrogen-bond acceptors (Lipinski definition) is 4. The number of carbonyl (C=O) groups is 1. The fraction of sp³-hybridized carbons (Fsp3) is 0.0714. The summed E-state index contributed by atoms with van der Waals surface area (Å²) in [5.74, 6) is -0.0652. The van der Waals surface area contributed by atoms with Gasteiger partial charge in [0.2, 0.25) is 0 Å². The van der Waals surface area contributed by atoms with Crippen molar-refractivity contribution in [2.24, 2.45) is 0 Å². The topological polar surface area (TPSA) is 92.7 Å². The maximum atomic E-state index is 12.2. The van der Waals surface area contributed by atoms with Crippen LogP contribution in [0.5, 0.6) is 5.75 Å². The number of hydrogen-bond donors (Lipinski definition) is 2. The van der Waals surface area contributed by atoms with E-state index in [1.807, 2.05) is 0 Å². The maximum Gasteiger partial charge on any atom is 0.294 e. The van der Waals surface area contributed by atoms with E-state index >= 15 is 0 Å². The van der Waals surface area contributed by atoms with E-state index in [9.17, 15) is 13.2 Å². The molecule has 0 aromatic heterocycles. The minimum Gasteiger partial charge on any atom is -0.496 e. The molecule has 0 radical (unpaired) electrons. The molecule has 6 nitrogen and oxygen atoms in total. The van der Waals surface area contributed by atoms with Crippen LogP contribution in [0.15, 0.2) is 47.4 Å². The first-order valence-electron chi connectivity index (χ1n) is 6.04. The summed E-state index contributed by atoms with van der Waals surface area (Å²) >= 11 is 5.92. The van der Waals surface area contributed by atoms with Gasteiger partial charge in [-0.3, -0.25) is 9.35 Å². The molecule has 0 aliphatic heterocycles. The number of benzene rings is 2. The number of amides is 1. The first-order valence-corrected chi connectivity index (χ1v) is 7.86. The normalized spacial score (nSPS) is 11.0. The van der Waals surface area contributed by atoms with Crippen LogP contribution >= 0.6 is 11.6 Å². The Kier molecular flexibility index (Phi) is 4.70. The van der Waals surface area contributed by atoms with Crippen LogP contribution in [0.25, 0.3) is 0 Å². The molecule has 2 aromatic rings. The minimum atomic E-state index is -4.35. The van der Waals surface area contributed by atoms with Crippen LogP contribution in [-0.4, -0.2) is 26.0 Å². The van der Waals surface area contributed by atoms with E-state index in [-0.39, 0.29) is 15.6 Å². The molecule has 2 aromatic carbocycles. The zero-order valence-electron chi connectivity index (χ0n) is 11.4. The van der Waals surface area contributed by atoms with Crippen LogP contribution in [0.1, 0.15) is 10.4 Å². The Labute approximate surface area is 132 Å². The Bertz CT molecular complexity index is 820. The molecule has 0 unspecified atom stereocenters. The molecule has 1 amide bonds. The SMILES string of the molecule is COc1ccccc1C(=O)Nc1ccc(S(=O)(=O)O)cc1Cl. The molecular weight excluding hydrogens is 330 g/mol. The van der Waals surface area contributed by atoms with Gasteiger partial charge in [-0.25, -0.2) is 0 Å².